The van der Waals surface area contributed by atoms with Gasteiger partial charge in [0.05, 0.1) is 17.9 Å². The molecule has 0 unspecified atom stereocenters. The van der Waals surface area contributed by atoms with Crippen LogP contribution in [0.2, 0.25) is 0 Å². The normalized spacial score (nSPS) is 10.5. The minimum Gasteiger partial charge on any atom is -0.486 e. The molecule has 3 rings (SSSR count). The second-order valence-electron chi connectivity index (χ2n) is 6.70. The van der Waals surface area contributed by atoms with E-state index in [0.717, 1.165) is 11.3 Å². The molecule has 0 spiro atoms. The molecule has 0 atom stereocenters. The number of ether oxygens (including phenoxy) is 2. The van der Waals surface area contributed by atoms with Gasteiger partial charge in [-0.05, 0) is 55.8 Å². The molecular formula is C22H24N4O4S. The molecule has 0 aliphatic carbocycles. The van der Waals surface area contributed by atoms with Gasteiger partial charge >= 0.3 is 5.97 Å². The van der Waals surface area contributed by atoms with Crippen LogP contribution in [0.3, 0.4) is 0 Å². The molecule has 0 radical (unpaired) electrons. The van der Waals surface area contributed by atoms with Gasteiger partial charge in [-0.2, -0.15) is 0 Å². The topological polar surface area (TPSA) is 95.3 Å². The van der Waals surface area contributed by atoms with Crippen molar-refractivity contribution in [2.24, 2.45) is 7.05 Å². The highest BCUT2D eigenvalue weighted by molar-refractivity contribution is 7.99. The number of aryl methyl sites for hydroxylation is 1. The first-order chi connectivity index (χ1) is 15.0. The zero-order valence-electron chi connectivity index (χ0n) is 17.6. The molecule has 1 amide bonds. The number of carbonyl (C=O) groups is 2. The number of rotatable bonds is 9. The van der Waals surface area contributed by atoms with Crippen LogP contribution in [0.5, 0.6) is 5.75 Å². The largest absolute Gasteiger partial charge is 0.486 e. The van der Waals surface area contributed by atoms with Gasteiger partial charge in [-0.25, -0.2) is 4.79 Å². The fraction of sp³-hybridized carbons (Fsp3) is 0.273. The molecule has 1 heterocycles. The zero-order valence-corrected chi connectivity index (χ0v) is 18.4. The predicted octanol–water partition coefficient (Wildman–Crippen LogP) is 3.61. The Labute approximate surface area is 185 Å². The Hall–Kier alpha value is -3.33. The standard InChI is InChI=1S/C22H24N4O4S/c1-4-29-21(28)16-8-10-17(11-9-16)23-20(27)14-31-22-25-24-19(26(22)3)13-30-18-7-5-6-15(2)12-18/h5-12H,4,13-14H2,1-3H3,(H,23,27). The van der Waals surface area contributed by atoms with E-state index in [2.05, 4.69) is 15.5 Å². The number of nitrogens with zero attached hydrogens (tertiary/aromatic N) is 3. The number of hydrogen-bond donors (Lipinski definition) is 1. The van der Waals surface area contributed by atoms with Crippen molar-refractivity contribution >= 4 is 29.3 Å². The summed E-state index contributed by atoms with van der Waals surface area (Å²) in [6, 6.07) is 14.3. The lowest BCUT2D eigenvalue weighted by Gasteiger charge is -2.08. The smallest absolute Gasteiger partial charge is 0.338 e. The number of amides is 1. The SMILES string of the molecule is CCOC(=O)c1ccc(NC(=O)CSc2nnc(COc3cccc(C)c3)n2C)cc1. The Morgan fingerprint density at radius 1 is 1.13 bits per heavy atom. The summed E-state index contributed by atoms with van der Waals surface area (Å²) in [7, 11) is 1.84. The maximum Gasteiger partial charge on any atom is 0.338 e. The molecule has 9 heteroatoms. The quantitative estimate of drug-likeness (QED) is 0.401. The number of benzene rings is 2. The van der Waals surface area contributed by atoms with E-state index in [1.165, 1.54) is 11.8 Å². The summed E-state index contributed by atoms with van der Waals surface area (Å²) < 4.78 is 12.5. The van der Waals surface area contributed by atoms with Gasteiger partial charge in [0.1, 0.15) is 12.4 Å². The van der Waals surface area contributed by atoms with Crippen molar-refractivity contribution in [2.75, 3.05) is 17.7 Å². The van der Waals surface area contributed by atoms with Crippen LogP contribution in [0.15, 0.2) is 53.7 Å². The lowest BCUT2D eigenvalue weighted by molar-refractivity contribution is -0.113. The molecule has 8 nitrogen and oxygen atoms in total. The summed E-state index contributed by atoms with van der Waals surface area (Å²) in [5.41, 5.74) is 2.16. The summed E-state index contributed by atoms with van der Waals surface area (Å²) >= 11 is 1.28. The van der Waals surface area contributed by atoms with E-state index in [-0.39, 0.29) is 24.2 Å². The Balaban J connectivity index is 1.49. The number of aromatic nitrogens is 3. The van der Waals surface area contributed by atoms with Crippen LogP contribution in [0.1, 0.15) is 28.7 Å². The fourth-order valence-corrected chi connectivity index (χ4v) is 3.41. The highest BCUT2D eigenvalue weighted by Gasteiger charge is 2.13. The molecule has 0 bridgehead atoms. The average molecular weight is 441 g/mol. The minimum absolute atomic E-state index is 0.171. The third-order valence-corrected chi connectivity index (χ3v) is 5.31. The molecule has 0 fully saturated rings. The Morgan fingerprint density at radius 2 is 1.90 bits per heavy atom. The van der Waals surface area contributed by atoms with Gasteiger partial charge in [0, 0.05) is 12.7 Å². The molecule has 2 aromatic carbocycles. The van der Waals surface area contributed by atoms with Crippen molar-refractivity contribution in [3.8, 4) is 5.75 Å². The molecule has 0 aliphatic heterocycles. The second-order valence-corrected chi connectivity index (χ2v) is 7.64. The van der Waals surface area contributed by atoms with Crippen LogP contribution in [-0.4, -0.2) is 39.0 Å². The van der Waals surface area contributed by atoms with Gasteiger partial charge < -0.3 is 19.4 Å². The second kappa shape index (κ2) is 10.6. The van der Waals surface area contributed by atoms with Crippen LogP contribution < -0.4 is 10.1 Å². The summed E-state index contributed by atoms with van der Waals surface area (Å²) in [6.07, 6.45) is 0. The van der Waals surface area contributed by atoms with Gasteiger partial charge in [0.15, 0.2) is 11.0 Å². The lowest BCUT2D eigenvalue weighted by Crippen LogP contribution is -2.15. The van der Waals surface area contributed by atoms with Crippen LogP contribution in [-0.2, 0) is 23.2 Å². The average Bonchev–Trinajstić information content (AvgIpc) is 3.11. The maximum atomic E-state index is 12.3. The molecule has 0 saturated heterocycles. The van der Waals surface area contributed by atoms with Crippen molar-refractivity contribution in [3.05, 3.63) is 65.5 Å². The third-order valence-electron chi connectivity index (χ3n) is 4.29. The van der Waals surface area contributed by atoms with Crippen LogP contribution in [0.4, 0.5) is 5.69 Å². The van der Waals surface area contributed by atoms with Crippen molar-refractivity contribution in [1.82, 2.24) is 14.8 Å². The van der Waals surface area contributed by atoms with Gasteiger partial charge in [-0.15, -0.1) is 10.2 Å². The van der Waals surface area contributed by atoms with Gasteiger partial charge in [-0.3, -0.25) is 4.79 Å². The summed E-state index contributed by atoms with van der Waals surface area (Å²) in [4.78, 5) is 23.9. The number of thioether (sulfide) groups is 1. The van der Waals surface area contributed by atoms with E-state index in [9.17, 15) is 9.59 Å². The van der Waals surface area contributed by atoms with Crippen molar-refractivity contribution in [2.45, 2.75) is 25.6 Å². The lowest BCUT2D eigenvalue weighted by atomic mass is 10.2. The Bertz CT molecular complexity index is 1050. The molecule has 162 valence electrons. The molecule has 3 aromatic rings. The van der Waals surface area contributed by atoms with E-state index in [4.69, 9.17) is 9.47 Å². The Morgan fingerprint density at radius 3 is 2.61 bits per heavy atom. The number of esters is 1. The molecule has 1 aromatic heterocycles. The summed E-state index contributed by atoms with van der Waals surface area (Å²) in [5.74, 6) is 1.03. The number of anilines is 1. The minimum atomic E-state index is -0.389. The number of hydrogen-bond acceptors (Lipinski definition) is 7. The van der Waals surface area contributed by atoms with Crippen molar-refractivity contribution in [1.29, 1.82) is 0 Å². The van der Waals surface area contributed by atoms with E-state index in [1.807, 2.05) is 42.8 Å². The first-order valence-corrected chi connectivity index (χ1v) is 10.7. The van der Waals surface area contributed by atoms with E-state index < -0.39 is 0 Å². The van der Waals surface area contributed by atoms with Gasteiger partial charge in [0.25, 0.3) is 0 Å². The summed E-state index contributed by atoms with van der Waals surface area (Å²) in [6.45, 7) is 4.36. The molecule has 31 heavy (non-hydrogen) atoms. The maximum absolute atomic E-state index is 12.3. The zero-order chi connectivity index (χ0) is 22.2. The van der Waals surface area contributed by atoms with E-state index >= 15 is 0 Å². The van der Waals surface area contributed by atoms with Crippen LogP contribution in [0.25, 0.3) is 0 Å². The van der Waals surface area contributed by atoms with Crippen molar-refractivity contribution < 1.29 is 19.1 Å². The summed E-state index contributed by atoms with van der Waals surface area (Å²) in [5, 5.41) is 11.7. The third kappa shape index (κ3) is 6.32. The van der Waals surface area contributed by atoms with E-state index in [1.54, 1.807) is 31.2 Å². The fourth-order valence-electron chi connectivity index (χ4n) is 2.68. The number of carbonyl (C=O) groups excluding carboxylic acids is 2. The molecule has 0 saturated carbocycles. The molecule has 1 N–H and O–H groups in total. The monoisotopic (exact) mass is 440 g/mol. The number of nitrogens with one attached hydrogen (secondary N) is 1. The Kier molecular flexibility index (Phi) is 7.66. The molecular weight excluding hydrogens is 416 g/mol. The first kappa shape index (κ1) is 22.4. The highest BCUT2D eigenvalue weighted by Crippen LogP contribution is 2.19. The highest BCUT2D eigenvalue weighted by atomic mass is 32.2. The van der Waals surface area contributed by atoms with Gasteiger partial charge in [0.2, 0.25) is 5.91 Å². The van der Waals surface area contributed by atoms with Crippen LogP contribution >= 0.6 is 11.8 Å². The van der Waals surface area contributed by atoms with E-state index in [0.29, 0.717) is 28.8 Å². The van der Waals surface area contributed by atoms with Crippen LogP contribution in [0, 0.1) is 6.92 Å². The van der Waals surface area contributed by atoms with Gasteiger partial charge in [-0.1, -0.05) is 23.9 Å². The predicted molar refractivity (Wildman–Crippen MR) is 118 cm³/mol. The van der Waals surface area contributed by atoms with Crippen molar-refractivity contribution in [3.63, 3.8) is 0 Å². The molecule has 0 aliphatic rings. The first-order valence-electron chi connectivity index (χ1n) is 9.74.